The van der Waals surface area contributed by atoms with Gasteiger partial charge in [0.1, 0.15) is 6.10 Å². The van der Waals surface area contributed by atoms with E-state index < -0.39 is 14.4 Å². The first-order valence-electron chi connectivity index (χ1n) is 8.19. The van der Waals surface area contributed by atoms with E-state index in [0.29, 0.717) is 0 Å². The molecule has 0 heterocycles. The number of methoxy groups -OCH3 is 1. The summed E-state index contributed by atoms with van der Waals surface area (Å²) < 4.78 is 11.5. The zero-order valence-electron chi connectivity index (χ0n) is 15.1. The smallest absolute Gasteiger partial charge is 0.333 e. The molecule has 0 unspecified atom stereocenters. The van der Waals surface area contributed by atoms with Gasteiger partial charge in [0.25, 0.3) is 8.32 Å². The van der Waals surface area contributed by atoms with Crippen LogP contribution in [0.25, 0.3) is 0 Å². The Hall–Kier alpha value is -1.91. The molecular formula is C20H26O3Si. The molecule has 2 aromatic carbocycles. The summed E-state index contributed by atoms with van der Waals surface area (Å²) in [7, 11) is -1.30. The minimum atomic E-state index is -2.69. The molecule has 2 aromatic rings. The van der Waals surface area contributed by atoms with Gasteiger partial charge in [-0.3, -0.25) is 0 Å². The lowest BCUT2D eigenvalue weighted by atomic mass is 10.2. The molecule has 0 N–H and O–H groups in total. The van der Waals surface area contributed by atoms with E-state index in [0.717, 1.165) is 10.4 Å². The maximum Gasteiger partial charge on any atom is 0.333 e. The summed E-state index contributed by atoms with van der Waals surface area (Å²) in [6.45, 7) is 8.32. The van der Waals surface area contributed by atoms with E-state index >= 15 is 0 Å². The summed E-state index contributed by atoms with van der Waals surface area (Å²) >= 11 is 0. The van der Waals surface area contributed by atoms with Crippen LogP contribution in [0.2, 0.25) is 5.04 Å². The third-order valence-electron chi connectivity index (χ3n) is 4.30. The SMILES string of the molecule is COC(=O)[C@@H](C)O[Si](c1ccccc1)(c1ccccc1)C(C)(C)C. The van der Waals surface area contributed by atoms with Crippen LogP contribution in [-0.2, 0) is 14.0 Å². The van der Waals surface area contributed by atoms with Crippen molar-refractivity contribution >= 4 is 24.7 Å². The van der Waals surface area contributed by atoms with E-state index in [-0.39, 0.29) is 11.0 Å². The second kappa shape index (κ2) is 7.32. The Morgan fingerprint density at radius 2 is 1.33 bits per heavy atom. The van der Waals surface area contributed by atoms with Crippen LogP contribution in [-0.4, -0.2) is 27.5 Å². The molecule has 0 aliphatic heterocycles. The summed E-state index contributed by atoms with van der Waals surface area (Å²) in [4.78, 5) is 12.1. The number of esters is 1. The van der Waals surface area contributed by atoms with Gasteiger partial charge >= 0.3 is 5.97 Å². The standard InChI is InChI=1S/C20H26O3Si/c1-16(19(21)22-5)23-24(20(2,3)4,17-12-8-6-9-13-17)18-14-10-7-11-15-18/h6-16H,1-5H3/t16-/m1/s1. The van der Waals surface area contributed by atoms with Gasteiger partial charge in [0, 0.05) is 0 Å². The van der Waals surface area contributed by atoms with Crippen LogP contribution in [0.3, 0.4) is 0 Å². The molecule has 4 heteroatoms. The maximum absolute atomic E-state index is 12.1. The molecule has 1 atom stereocenters. The Kier molecular flexibility index (Phi) is 5.62. The van der Waals surface area contributed by atoms with Crippen molar-refractivity contribution in [3.05, 3.63) is 60.7 Å². The van der Waals surface area contributed by atoms with Crippen molar-refractivity contribution in [1.29, 1.82) is 0 Å². The Bertz CT molecular complexity index is 623. The fourth-order valence-corrected chi connectivity index (χ4v) is 7.81. The molecule has 24 heavy (non-hydrogen) atoms. The van der Waals surface area contributed by atoms with Gasteiger partial charge < -0.3 is 9.16 Å². The van der Waals surface area contributed by atoms with Crippen LogP contribution < -0.4 is 10.4 Å². The predicted octanol–water partition coefficient (Wildman–Crippen LogP) is 3.12. The average molecular weight is 343 g/mol. The molecule has 0 aliphatic carbocycles. The van der Waals surface area contributed by atoms with Crippen LogP contribution in [0.5, 0.6) is 0 Å². The first-order chi connectivity index (χ1) is 11.3. The Morgan fingerprint density at radius 3 is 1.67 bits per heavy atom. The highest BCUT2D eigenvalue weighted by atomic mass is 28.4. The number of carbonyl (C=O) groups excluding carboxylic acids is 1. The zero-order valence-corrected chi connectivity index (χ0v) is 16.1. The summed E-state index contributed by atoms with van der Waals surface area (Å²) in [5.74, 6) is -0.344. The fraction of sp³-hybridized carbons (Fsp3) is 0.350. The van der Waals surface area contributed by atoms with Gasteiger partial charge in [-0.05, 0) is 22.3 Å². The first-order valence-corrected chi connectivity index (χ1v) is 10.1. The highest BCUT2D eigenvalue weighted by Gasteiger charge is 2.51. The van der Waals surface area contributed by atoms with Crippen LogP contribution in [0.1, 0.15) is 27.7 Å². The third-order valence-corrected chi connectivity index (χ3v) is 9.42. The van der Waals surface area contributed by atoms with Gasteiger partial charge in [-0.1, -0.05) is 81.4 Å². The molecular weight excluding hydrogens is 316 g/mol. The summed E-state index contributed by atoms with van der Waals surface area (Å²) in [5.41, 5.74) is 0. The molecule has 0 amide bonds. The molecule has 0 radical (unpaired) electrons. The number of ether oxygens (including phenoxy) is 1. The number of benzene rings is 2. The molecule has 3 nitrogen and oxygen atoms in total. The van der Waals surface area contributed by atoms with Crippen molar-refractivity contribution in [2.75, 3.05) is 7.11 Å². The van der Waals surface area contributed by atoms with Gasteiger partial charge in [-0.2, -0.15) is 0 Å². The summed E-state index contributed by atoms with van der Waals surface area (Å²) in [6, 6.07) is 20.5. The fourth-order valence-electron chi connectivity index (χ4n) is 3.17. The Morgan fingerprint density at radius 1 is 0.917 bits per heavy atom. The van der Waals surface area contributed by atoms with Crippen molar-refractivity contribution in [3.63, 3.8) is 0 Å². The minimum Gasteiger partial charge on any atom is -0.467 e. The van der Waals surface area contributed by atoms with Crippen molar-refractivity contribution in [3.8, 4) is 0 Å². The largest absolute Gasteiger partial charge is 0.467 e. The molecule has 0 saturated carbocycles. The highest BCUT2D eigenvalue weighted by molar-refractivity contribution is 6.99. The van der Waals surface area contributed by atoms with Crippen molar-refractivity contribution in [2.45, 2.75) is 38.8 Å². The molecule has 0 aromatic heterocycles. The van der Waals surface area contributed by atoms with Crippen molar-refractivity contribution in [2.24, 2.45) is 0 Å². The molecule has 0 saturated heterocycles. The van der Waals surface area contributed by atoms with Gasteiger partial charge in [0.2, 0.25) is 0 Å². The second-order valence-electron chi connectivity index (χ2n) is 6.95. The monoisotopic (exact) mass is 342 g/mol. The number of carbonyl (C=O) groups is 1. The van der Waals surface area contributed by atoms with Crippen LogP contribution in [0.15, 0.2) is 60.7 Å². The zero-order chi connectivity index (χ0) is 17.8. The van der Waals surface area contributed by atoms with E-state index in [4.69, 9.17) is 9.16 Å². The highest BCUT2D eigenvalue weighted by Crippen LogP contribution is 2.37. The minimum absolute atomic E-state index is 0.155. The summed E-state index contributed by atoms with van der Waals surface area (Å²) in [5, 5.41) is 2.15. The molecule has 2 rings (SSSR count). The topological polar surface area (TPSA) is 35.5 Å². The van der Waals surface area contributed by atoms with Crippen molar-refractivity contribution < 1.29 is 14.0 Å². The number of hydrogen-bond acceptors (Lipinski definition) is 3. The van der Waals surface area contributed by atoms with E-state index in [9.17, 15) is 4.79 Å². The maximum atomic E-state index is 12.1. The first kappa shape index (κ1) is 18.4. The van der Waals surface area contributed by atoms with Gasteiger partial charge in [-0.15, -0.1) is 0 Å². The average Bonchev–Trinajstić information content (AvgIpc) is 2.59. The lowest BCUT2D eigenvalue weighted by Gasteiger charge is -2.44. The quantitative estimate of drug-likeness (QED) is 0.619. The molecule has 0 fully saturated rings. The van der Waals surface area contributed by atoms with Gasteiger partial charge in [0.15, 0.2) is 0 Å². The lowest BCUT2D eigenvalue weighted by molar-refractivity contribution is -0.148. The van der Waals surface area contributed by atoms with E-state index in [2.05, 4.69) is 45.0 Å². The van der Waals surface area contributed by atoms with Crippen LogP contribution >= 0.6 is 0 Å². The predicted molar refractivity (Wildman–Crippen MR) is 100 cm³/mol. The third kappa shape index (κ3) is 3.45. The molecule has 0 spiro atoms. The van der Waals surface area contributed by atoms with Crippen LogP contribution in [0, 0.1) is 0 Å². The molecule has 0 bridgehead atoms. The number of rotatable bonds is 5. The molecule has 0 aliphatic rings. The lowest BCUT2D eigenvalue weighted by Crippen LogP contribution is -2.68. The Labute approximate surface area is 145 Å². The normalized spacial score (nSPS) is 13.4. The van der Waals surface area contributed by atoms with Crippen molar-refractivity contribution in [1.82, 2.24) is 0 Å². The number of hydrogen-bond donors (Lipinski definition) is 0. The van der Waals surface area contributed by atoms with Gasteiger partial charge in [-0.25, -0.2) is 4.79 Å². The van der Waals surface area contributed by atoms with E-state index in [1.54, 1.807) is 6.92 Å². The van der Waals surface area contributed by atoms with E-state index in [1.807, 2.05) is 36.4 Å². The molecule has 128 valence electrons. The van der Waals surface area contributed by atoms with Gasteiger partial charge in [0.05, 0.1) is 7.11 Å². The van der Waals surface area contributed by atoms with E-state index in [1.165, 1.54) is 7.11 Å². The Balaban J connectivity index is 2.68. The second-order valence-corrected chi connectivity index (χ2v) is 11.2. The van der Waals surface area contributed by atoms with Crippen LogP contribution in [0.4, 0.5) is 0 Å². The summed E-state index contributed by atoms with van der Waals surface area (Å²) in [6.07, 6.45) is -0.624.